The van der Waals surface area contributed by atoms with E-state index in [2.05, 4.69) is 30.4 Å². The summed E-state index contributed by atoms with van der Waals surface area (Å²) in [4.78, 5) is 25.0. The standard InChI is InChI=1S/C23H29FN6O3/c1-13-17(6-5-16(27-13)21(31)25-2)30-9-7-29(8-10-30)12-15-11-26-23-19(18(15)24)28-22(32)20(33-23)14-3-4-14/h5-6,11,14,20,22,28,32H,3-4,7-10,12H2,1-2H3,(H,25,31)/t20-,22?/m1/s1. The first-order valence-corrected chi connectivity index (χ1v) is 11.4. The Hall–Kier alpha value is -2.98. The van der Waals surface area contributed by atoms with Crippen LogP contribution in [-0.4, -0.2) is 71.4 Å². The van der Waals surface area contributed by atoms with Crippen LogP contribution in [0.4, 0.5) is 15.8 Å². The number of piperazine rings is 1. The lowest BCUT2D eigenvalue weighted by Gasteiger charge is -2.37. The summed E-state index contributed by atoms with van der Waals surface area (Å²) in [5, 5.41) is 15.8. The fraction of sp³-hybridized carbons (Fsp3) is 0.522. The summed E-state index contributed by atoms with van der Waals surface area (Å²) in [5.74, 6) is -0.0852. The van der Waals surface area contributed by atoms with Gasteiger partial charge >= 0.3 is 0 Å². The number of halogens is 1. The normalized spacial score (nSPS) is 22.8. The van der Waals surface area contributed by atoms with Crippen molar-refractivity contribution in [2.75, 3.05) is 43.4 Å². The number of nitrogens with one attached hydrogen (secondary N) is 2. The lowest BCUT2D eigenvalue weighted by Crippen LogP contribution is -2.46. The Kier molecular flexibility index (Phi) is 5.79. The number of ether oxygens (including phenoxy) is 1. The van der Waals surface area contributed by atoms with E-state index < -0.39 is 12.0 Å². The van der Waals surface area contributed by atoms with E-state index in [4.69, 9.17) is 4.74 Å². The number of aliphatic hydroxyl groups excluding tert-OH is 1. The first-order valence-electron chi connectivity index (χ1n) is 11.4. The van der Waals surface area contributed by atoms with Crippen LogP contribution in [0.3, 0.4) is 0 Å². The van der Waals surface area contributed by atoms with Crippen molar-refractivity contribution in [2.24, 2.45) is 5.92 Å². The molecule has 4 heterocycles. The smallest absolute Gasteiger partial charge is 0.269 e. The van der Waals surface area contributed by atoms with Gasteiger partial charge in [-0.05, 0) is 31.9 Å². The Morgan fingerprint density at radius 3 is 2.73 bits per heavy atom. The van der Waals surface area contributed by atoms with E-state index >= 15 is 4.39 Å². The lowest BCUT2D eigenvalue weighted by atomic mass is 10.1. The topological polar surface area (TPSA) is 103 Å². The minimum atomic E-state index is -0.924. The molecule has 2 aliphatic heterocycles. The summed E-state index contributed by atoms with van der Waals surface area (Å²) in [6, 6.07) is 3.67. The quantitative estimate of drug-likeness (QED) is 0.622. The molecule has 0 aromatic carbocycles. The zero-order valence-electron chi connectivity index (χ0n) is 18.8. The Morgan fingerprint density at radius 1 is 1.30 bits per heavy atom. The molecule has 2 aromatic heterocycles. The molecule has 0 spiro atoms. The molecule has 176 valence electrons. The fourth-order valence-electron chi connectivity index (χ4n) is 4.57. The third-order valence-electron chi connectivity index (χ3n) is 6.62. The second-order valence-corrected chi connectivity index (χ2v) is 8.93. The molecule has 1 saturated heterocycles. The number of anilines is 2. The third-order valence-corrected chi connectivity index (χ3v) is 6.62. The SMILES string of the molecule is CNC(=O)c1ccc(N2CCN(Cc3cnc4c(c3F)NC(O)[C@@H](C3CC3)O4)CC2)c(C)n1. The number of carbonyl (C=O) groups is 1. The first-order chi connectivity index (χ1) is 15.9. The van der Waals surface area contributed by atoms with E-state index in [1.54, 1.807) is 13.1 Å². The maximum atomic E-state index is 15.2. The van der Waals surface area contributed by atoms with E-state index in [9.17, 15) is 9.90 Å². The van der Waals surface area contributed by atoms with Crippen LogP contribution in [0.15, 0.2) is 18.3 Å². The van der Waals surface area contributed by atoms with Crippen LogP contribution >= 0.6 is 0 Å². The van der Waals surface area contributed by atoms with Crippen molar-refractivity contribution in [3.63, 3.8) is 0 Å². The molecule has 1 amide bonds. The van der Waals surface area contributed by atoms with Gasteiger partial charge in [0.2, 0.25) is 5.88 Å². The van der Waals surface area contributed by atoms with Crippen molar-refractivity contribution in [3.05, 3.63) is 41.1 Å². The van der Waals surface area contributed by atoms with Gasteiger partial charge < -0.3 is 25.4 Å². The maximum absolute atomic E-state index is 15.2. The lowest BCUT2D eigenvalue weighted by molar-refractivity contribution is 0.0273. The summed E-state index contributed by atoms with van der Waals surface area (Å²) in [6.07, 6.45) is 2.27. The number of rotatable bonds is 5. The predicted molar refractivity (Wildman–Crippen MR) is 121 cm³/mol. The molecular formula is C23H29FN6O3. The average molecular weight is 457 g/mol. The van der Waals surface area contributed by atoms with Crippen molar-refractivity contribution < 1.29 is 19.0 Å². The van der Waals surface area contributed by atoms with Crippen LogP contribution < -0.4 is 20.3 Å². The average Bonchev–Trinajstić information content (AvgIpc) is 3.66. The Bertz CT molecular complexity index is 1050. The predicted octanol–water partition coefficient (Wildman–Crippen LogP) is 1.51. The van der Waals surface area contributed by atoms with Gasteiger partial charge in [0, 0.05) is 57.4 Å². The number of fused-ring (bicyclic) bond motifs is 1. The van der Waals surface area contributed by atoms with E-state index in [0.717, 1.165) is 50.4 Å². The summed E-state index contributed by atoms with van der Waals surface area (Å²) in [7, 11) is 1.59. The molecule has 10 heteroatoms. The molecule has 3 N–H and O–H groups in total. The van der Waals surface area contributed by atoms with Crippen molar-refractivity contribution in [1.29, 1.82) is 0 Å². The number of aryl methyl sites for hydroxylation is 1. The minimum absolute atomic E-state index is 0.147. The van der Waals surface area contributed by atoms with E-state index in [1.165, 1.54) is 6.20 Å². The minimum Gasteiger partial charge on any atom is -0.468 e. The van der Waals surface area contributed by atoms with Crippen LogP contribution in [0, 0.1) is 18.7 Å². The number of hydrogen-bond donors (Lipinski definition) is 3. The van der Waals surface area contributed by atoms with Gasteiger partial charge in [0.15, 0.2) is 12.0 Å². The van der Waals surface area contributed by atoms with Gasteiger partial charge in [0.1, 0.15) is 17.5 Å². The maximum Gasteiger partial charge on any atom is 0.269 e. The van der Waals surface area contributed by atoms with Crippen LogP contribution in [0.2, 0.25) is 0 Å². The van der Waals surface area contributed by atoms with E-state index in [-0.39, 0.29) is 23.6 Å². The second-order valence-electron chi connectivity index (χ2n) is 8.93. The summed E-state index contributed by atoms with van der Waals surface area (Å²) < 4.78 is 21.0. The third kappa shape index (κ3) is 4.32. The molecular weight excluding hydrogens is 427 g/mol. The van der Waals surface area contributed by atoms with Crippen molar-refractivity contribution in [3.8, 4) is 5.88 Å². The Balaban J connectivity index is 1.22. The highest BCUT2D eigenvalue weighted by Gasteiger charge is 2.42. The van der Waals surface area contributed by atoms with Crippen LogP contribution in [0.1, 0.15) is 34.6 Å². The molecule has 2 fully saturated rings. The molecule has 5 rings (SSSR count). The largest absolute Gasteiger partial charge is 0.468 e. The van der Waals surface area contributed by atoms with Gasteiger partial charge in [-0.1, -0.05) is 0 Å². The van der Waals surface area contributed by atoms with Crippen molar-refractivity contribution >= 4 is 17.3 Å². The second kappa shape index (κ2) is 8.75. The van der Waals surface area contributed by atoms with E-state index in [1.807, 2.05) is 13.0 Å². The number of aromatic nitrogens is 2. The molecule has 2 aromatic rings. The van der Waals surface area contributed by atoms with Gasteiger partial charge in [-0.2, -0.15) is 0 Å². The number of nitrogens with zero attached hydrogens (tertiary/aromatic N) is 4. The van der Waals surface area contributed by atoms with Gasteiger partial charge in [-0.3, -0.25) is 9.69 Å². The van der Waals surface area contributed by atoms with Crippen LogP contribution in [0.25, 0.3) is 0 Å². The zero-order chi connectivity index (χ0) is 23.1. The molecule has 1 aliphatic carbocycles. The number of carbonyl (C=O) groups excluding carboxylic acids is 1. The number of aliphatic hydroxyl groups is 1. The molecule has 1 unspecified atom stereocenters. The van der Waals surface area contributed by atoms with Crippen molar-refractivity contribution in [2.45, 2.75) is 38.6 Å². The summed E-state index contributed by atoms with van der Waals surface area (Å²) >= 11 is 0. The van der Waals surface area contributed by atoms with Gasteiger partial charge in [-0.25, -0.2) is 14.4 Å². The monoisotopic (exact) mass is 456 g/mol. The number of hydrogen-bond acceptors (Lipinski definition) is 8. The molecule has 33 heavy (non-hydrogen) atoms. The molecule has 2 atom stereocenters. The van der Waals surface area contributed by atoms with Crippen molar-refractivity contribution in [1.82, 2.24) is 20.2 Å². The molecule has 0 bridgehead atoms. The van der Waals surface area contributed by atoms with Crippen LogP contribution in [0.5, 0.6) is 5.88 Å². The Morgan fingerprint density at radius 2 is 2.06 bits per heavy atom. The molecule has 9 nitrogen and oxygen atoms in total. The Labute approximate surface area is 192 Å². The molecule has 3 aliphatic rings. The first kappa shape index (κ1) is 21.8. The molecule has 0 radical (unpaired) electrons. The molecule has 1 saturated carbocycles. The van der Waals surface area contributed by atoms with Gasteiger partial charge in [0.25, 0.3) is 5.91 Å². The van der Waals surface area contributed by atoms with Gasteiger partial charge in [-0.15, -0.1) is 0 Å². The summed E-state index contributed by atoms with van der Waals surface area (Å²) in [6.45, 7) is 5.37. The highest BCUT2D eigenvalue weighted by Crippen LogP contribution is 2.41. The zero-order valence-corrected chi connectivity index (χ0v) is 18.8. The van der Waals surface area contributed by atoms with Crippen LogP contribution in [-0.2, 0) is 6.54 Å². The highest BCUT2D eigenvalue weighted by molar-refractivity contribution is 5.92. The highest BCUT2D eigenvalue weighted by atomic mass is 19.1. The fourth-order valence-corrected chi connectivity index (χ4v) is 4.57. The summed E-state index contributed by atoms with van der Waals surface area (Å²) in [5.41, 5.74) is 2.84. The number of amides is 1. The number of pyridine rings is 2. The van der Waals surface area contributed by atoms with Gasteiger partial charge in [0.05, 0.1) is 11.4 Å². The van der Waals surface area contributed by atoms with E-state index in [0.29, 0.717) is 23.7 Å².